The number of ether oxygens (including phenoxy) is 1. The van der Waals surface area contributed by atoms with E-state index >= 15 is 0 Å². The Bertz CT molecular complexity index is 350. The molecule has 0 amide bonds. The Hall–Kier alpha value is -0.230. The second-order valence-electron chi connectivity index (χ2n) is 2.59. The Labute approximate surface area is 96.2 Å². The molecule has 0 saturated heterocycles. The Morgan fingerprint density at radius 3 is 2.69 bits per heavy atom. The molecule has 2 nitrogen and oxygen atoms in total. The minimum absolute atomic E-state index is 0.314. The van der Waals surface area contributed by atoms with Gasteiger partial charge in [-0.25, -0.2) is 4.79 Å². The summed E-state index contributed by atoms with van der Waals surface area (Å²) >= 11 is 6.40. The number of thiol groups is 1. The van der Waals surface area contributed by atoms with Crippen LogP contribution in [-0.2, 0) is 4.74 Å². The van der Waals surface area contributed by atoms with Crippen molar-refractivity contribution >= 4 is 41.2 Å². The third-order valence-electron chi connectivity index (χ3n) is 1.75. The lowest BCUT2D eigenvalue weighted by molar-refractivity contribution is 0.0599. The van der Waals surface area contributed by atoms with Gasteiger partial charge in [-0.3, -0.25) is 0 Å². The standard InChI is InChI=1S/C9H9IO2S/c1-5-7(9(11)12-2)3-6(10)4-8(5)13/h3-4,13H,1-2H3. The fraction of sp³-hybridized carbons (Fsp3) is 0.222. The molecule has 0 unspecified atom stereocenters. The number of methoxy groups -OCH3 is 1. The summed E-state index contributed by atoms with van der Waals surface area (Å²) in [5, 5.41) is 0. The van der Waals surface area contributed by atoms with Gasteiger partial charge in [0.1, 0.15) is 0 Å². The second kappa shape index (κ2) is 4.32. The molecule has 0 N–H and O–H groups in total. The molecule has 0 radical (unpaired) electrons. The molecule has 1 aromatic rings. The van der Waals surface area contributed by atoms with E-state index in [1.807, 2.05) is 13.0 Å². The van der Waals surface area contributed by atoms with Gasteiger partial charge in [-0.15, -0.1) is 12.6 Å². The topological polar surface area (TPSA) is 26.3 Å². The molecule has 0 aliphatic heterocycles. The number of carbonyl (C=O) groups is 1. The number of hydrogen-bond acceptors (Lipinski definition) is 3. The molecule has 4 heteroatoms. The van der Waals surface area contributed by atoms with Crippen molar-refractivity contribution in [3.8, 4) is 0 Å². The van der Waals surface area contributed by atoms with E-state index in [1.165, 1.54) is 7.11 Å². The smallest absolute Gasteiger partial charge is 0.338 e. The van der Waals surface area contributed by atoms with Gasteiger partial charge in [0.15, 0.2) is 0 Å². The van der Waals surface area contributed by atoms with Crippen molar-refractivity contribution < 1.29 is 9.53 Å². The predicted octanol–water partition coefficient (Wildman–Crippen LogP) is 2.67. The van der Waals surface area contributed by atoms with Gasteiger partial charge in [-0.1, -0.05) is 0 Å². The van der Waals surface area contributed by atoms with Crippen LogP contribution >= 0.6 is 35.2 Å². The second-order valence-corrected chi connectivity index (χ2v) is 4.32. The van der Waals surface area contributed by atoms with Gasteiger partial charge < -0.3 is 4.74 Å². The number of esters is 1. The first-order valence-corrected chi connectivity index (χ1v) is 5.16. The summed E-state index contributed by atoms with van der Waals surface area (Å²) in [6.45, 7) is 1.85. The highest BCUT2D eigenvalue weighted by Gasteiger charge is 2.11. The van der Waals surface area contributed by atoms with E-state index in [4.69, 9.17) is 0 Å². The van der Waals surface area contributed by atoms with Crippen LogP contribution < -0.4 is 0 Å². The third-order valence-corrected chi connectivity index (χ3v) is 2.84. The van der Waals surface area contributed by atoms with Crippen molar-refractivity contribution in [2.45, 2.75) is 11.8 Å². The van der Waals surface area contributed by atoms with Gasteiger partial charge in [-0.2, -0.15) is 0 Å². The van der Waals surface area contributed by atoms with Crippen LogP contribution in [0.3, 0.4) is 0 Å². The van der Waals surface area contributed by atoms with Gasteiger partial charge in [0.25, 0.3) is 0 Å². The molecular formula is C9H9IO2S. The summed E-state index contributed by atoms with van der Waals surface area (Å²) in [6.07, 6.45) is 0. The highest BCUT2D eigenvalue weighted by atomic mass is 127. The fourth-order valence-electron chi connectivity index (χ4n) is 0.987. The van der Waals surface area contributed by atoms with Crippen molar-refractivity contribution in [2.75, 3.05) is 7.11 Å². The van der Waals surface area contributed by atoms with Crippen molar-refractivity contribution in [2.24, 2.45) is 0 Å². The molecule has 0 heterocycles. The van der Waals surface area contributed by atoms with E-state index < -0.39 is 0 Å². The zero-order valence-corrected chi connectivity index (χ0v) is 10.3. The molecule has 0 aliphatic carbocycles. The summed E-state index contributed by atoms with van der Waals surface area (Å²) in [4.78, 5) is 12.1. The number of rotatable bonds is 1. The first-order valence-electron chi connectivity index (χ1n) is 3.63. The van der Waals surface area contributed by atoms with Gasteiger partial charge >= 0.3 is 5.97 Å². The molecule has 0 fully saturated rings. The summed E-state index contributed by atoms with van der Waals surface area (Å²) < 4.78 is 5.63. The predicted molar refractivity (Wildman–Crippen MR) is 62.5 cm³/mol. The Morgan fingerprint density at radius 2 is 2.15 bits per heavy atom. The normalized spacial score (nSPS) is 9.85. The van der Waals surface area contributed by atoms with E-state index in [9.17, 15) is 4.79 Å². The molecule has 1 aromatic carbocycles. The molecule has 0 spiro atoms. The van der Waals surface area contributed by atoms with Crippen molar-refractivity contribution in [1.82, 2.24) is 0 Å². The molecule has 0 aliphatic rings. The van der Waals surface area contributed by atoms with Gasteiger partial charge in [0.2, 0.25) is 0 Å². The molecule has 1 rings (SSSR count). The third kappa shape index (κ3) is 2.37. The largest absolute Gasteiger partial charge is 0.465 e. The minimum Gasteiger partial charge on any atom is -0.465 e. The summed E-state index contributed by atoms with van der Waals surface area (Å²) in [5.74, 6) is -0.314. The molecule has 70 valence electrons. The maximum absolute atomic E-state index is 11.3. The number of hydrogen-bond donors (Lipinski definition) is 1. The van der Waals surface area contributed by atoms with E-state index in [0.717, 1.165) is 14.0 Å². The molecule has 0 atom stereocenters. The van der Waals surface area contributed by atoms with E-state index in [2.05, 4.69) is 40.0 Å². The maximum atomic E-state index is 11.3. The van der Waals surface area contributed by atoms with E-state index in [0.29, 0.717) is 5.56 Å². The van der Waals surface area contributed by atoms with Crippen LogP contribution in [0, 0.1) is 10.5 Å². The Balaban J connectivity index is 3.28. The van der Waals surface area contributed by atoms with Crippen LogP contribution in [0.4, 0.5) is 0 Å². The quantitative estimate of drug-likeness (QED) is 0.490. The lowest BCUT2D eigenvalue weighted by atomic mass is 10.1. The van der Waals surface area contributed by atoms with Crippen LogP contribution in [0.5, 0.6) is 0 Å². The minimum atomic E-state index is -0.314. The summed E-state index contributed by atoms with van der Waals surface area (Å²) in [5.41, 5.74) is 1.44. The van der Waals surface area contributed by atoms with Gasteiger partial charge in [-0.05, 0) is 47.2 Å². The zero-order valence-electron chi connectivity index (χ0n) is 7.30. The number of carbonyl (C=O) groups excluding carboxylic acids is 1. The van der Waals surface area contributed by atoms with Crippen LogP contribution in [0.1, 0.15) is 15.9 Å². The van der Waals surface area contributed by atoms with Crippen molar-refractivity contribution in [1.29, 1.82) is 0 Å². The van der Waals surface area contributed by atoms with Crippen molar-refractivity contribution in [3.63, 3.8) is 0 Å². The molecule has 0 aromatic heterocycles. The first-order chi connectivity index (χ1) is 6.06. The summed E-state index contributed by atoms with van der Waals surface area (Å²) in [6, 6.07) is 3.70. The molecular weight excluding hydrogens is 299 g/mol. The fourth-order valence-corrected chi connectivity index (χ4v) is 2.12. The van der Waals surface area contributed by atoms with Gasteiger partial charge in [0, 0.05) is 8.47 Å². The van der Waals surface area contributed by atoms with Crippen molar-refractivity contribution in [3.05, 3.63) is 26.8 Å². The lowest BCUT2D eigenvalue weighted by Crippen LogP contribution is -2.04. The molecule has 0 saturated carbocycles. The average Bonchev–Trinajstić information content (AvgIpc) is 2.10. The highest BCUT2D eigenvalue weighted by molar-refractivity contribution is 14.1. The lowest BCUT2D eigenvalue weighted by Gasteiger charge is -2.06. The van der Waals surface area contributed by atoms with Crippen LogP contribution in [0.2, 0.25) is 0 Å². The van der Waals surface area contributed by atoms with E-state index in [-0.39, 0.29) is 5.97 Å². The van der Waals surface area contributed by atoms with Gasteiger partial charge in [0.05, 0.1) is 12.7 Å². The maximum Gasteiger partial charge on any atom is 0.338 e. The van der Waals surface area contributed by atoms with Crippen LogP contribution in [-0.4, -0.2) is 13.1 Å². The van der Waals surface area contributed by atoms with E-state index in [1.54, 1.807) is 6.07 Å². The number of halogens is 1. The van der Waals surface area contributed by atoms with Crippen LogP contribution in [0.25, 0.3) is 0 Å². The monoisotopic (exact) mass is 308 g/mol. The molecule has 0 bridgehead atoms. The number of benzene rings is 1. The summed E-state index contributed by atoms with van der Waals surface area (Å²) in [7, 11) is 1.37. The SMILES string of the molecule is COC(=O)c1cc(I)cc(S)c1C. The highest BCUT2D eigenvalue weighted by Crippen LogP contribution is 2.21. The zero-order chi connectivity index (χ0) is 10.0. The Morgan fingerprint density at radius 1 is 1.54 bits per heavy atom. The van der Waals surface area contributed by atoms with Crippen LogP contribution in [0.15, 0.2) is 17.0 Å². The first kappa shape index (κ1) is 10.8. The average molecular weight is 308 g/mol. The molecule has 13 heavy (non-hydrogen) atoms. The Kier molecular flexibility index (Phi) is 3.61.